The standard InChI is InChI=1S/C11H8ClN/c1-2-8-3-4-9-10(12)5-6-13-11(9)7-8/h2-7H,1H2. The quantitative estimate of drug-likeness (QED) is 0.669. The van der Waals surface area contributed by atoms with Crippen LogP contribution in [0.25, 0.3) is 17.0 Å². The Labute approximate surface area is 81.7 Å². The summed E-state index contributed by atoms with van der Waals surface area (Å²) in [6.45, 7) is 3.70. The summed E-state index contributed by atoms with van der Waals surface area (Å²) in [4.78, 5) is 4.22. The summed E-state index contributed by atoms with van der Waals surface area (Å²) in [6, 6.07) is 7.69. The molecular formula is C11H8ClN. The van der Waals surface area contributed by atoms with Gasteiger partial charge < -0.3 is 0 Å². The number of aromatic nitrogens is 1. The van der Waals surface area contributed by atoms with Crippen LogP contribution in [0.1, 0.15) is 5.56 Å². The van der Waals surface area contributed by atoms with E-state index in [-0.39, 0.29) is 0 Å². The fraction of sp³-hybridized carbons (Fsp3) is 0. The van der Waals surface area contributed by atoms with E-state index in [1.807, 2.05) is 18.2 Å². The van der Waals surface area contributed by atoms with Crippen molar-refractivity contribution in [1.29, 1.82) is 0 Å². The third-order valence-corrected chi connectivity index (χ3v) is 2.28. The highest BCUT2D eigenvalue weighted by Crippen LogP contribution is 2.22. The molecule has 0 N–H and O–H groups in total. The second-order valence-electron chi connectivity index (χ2n) is 2.77. The summed E-state index contributed by atoms with van der Waals surface area (Å²) in [5, 5.41) is 1.72. The van der Waals surface area contributed by atoms with Gasteiger partial charge in [-0.05, 0) is 17.7 Å². The van der Waals surface area contributed by atoms with Crippen LogP contribution in [0.4, 0.5) is 0 Å². The average Bonchev–Trinajstić information content (AvgIpc) is 2.18. The van der Waals surface area contributed by atoms with Crippen LogP contribution in [0.15, 0.2) is 37.0 Å². The molecule has 13 heavy (non-hydrogen) atoms. The Morgan fingerprint density at radius 3 is 2.92 bits per heavy atom. The lowest BCUT2D eigenvalue weighted by atomic mass is 10.1. The second kappa shape index (κ2) is 3.19. The van der Waals surface area contributed by atoms with Gasteiger partial charge in [0.05, 0.1) is 10.5 Å². The fourth-order valence-electron chi connectivity index (χ4n) is 1.26. The van der Waals surface area contributed by atoms with Gasteiger partial charge in [0.15, 0.2) is 0 Å². The summed E-state index contributed by atoms with van der Waals surface area (Å²) < 4.78 is 0. The van der Waals surface area contributed by atoms with E-state index in [4.69, 9.17) is 11.6 Å². The maximum absolute atomic E-state index is 5.99. The van der Waals surface area contributed by atoms with Crippen LogP contribution >= 0.6 is 11.6 Å². The van der Waals surface area contributed by atoms with Crippen molar-refractivity contribution < 1.29 is 0 Å². The van der Waals surface area contributed by atoms with Crippen molar-refractivity contribution in [2.45, 2.75) is 0 Å². The Bertz CT molecular complexity index is 463. The van der Waals surface area contributed by atoms with Crippen LogP contribution < -0.4 is 0 Å². The molecule has 0 unspecified atom stereocenters. The van der Waals surface area contributed by atoms with Crippen LogP contribution in [-0.2, 0) is 0 Å². The first-order valence-corrected chi connectivity index (χ1v) is 4.36. The van der Waals surface area contributed by atoms with Crippen LogP contribution in [0.3, 0.4) is 0 Å². The van der Waals surface area contributed by atoms with Gasteiger partial charge in [0.25, 0.3) is 0 Å². The first-order valence-electron chi connectivity index (χ1n) is 3.98. The molecule has 1 aromatic carbocycles. The molecule has 0 saturated heterocycles. The van der Waals surface area contributed by atoms with E-state index in [0.29, 0.717) is 0 Å². The highest BCUT2D eigenvalue weighted by Gasteiger charge is 1.98. The minimum Gasteiger partial charge on any atom is -0.256 e. The Balaban J connectivity index is 2.79. The van der Waals surface area contributed by atoms with Gasteiger partial charge in [-0.15, -0.1) is 0 Å². The first kappa shape index (κ1) is 8.27. The van der Waals surface area contributed by atoms with Crippen LogP contribution in [0.2, 0.25) is 5.02 Å². The molecule has 1 heterocycles. The minimum absolute atomic E-state index is 0.737. The van der Waals surface area contributed by atoms with Gasteiger partial charge in [0, 0.05) is 11.6 Å². The number of rotatable bonds is 1. The topological polar surface area (TPSA) is 12.9 Å². The van der Waals surface area contributed by atoms with E-state index < -0.39 is 0 Å². The first-order chi connectivity index (χ1) is 6.31. The maximum atomic E-state index is 5.99. The second-order valence-corrected chi connectivity index (χ2v) is 3.18. The molecule has 0 amide bonds. The highest BCUT2D eigenvalue weighted by molar-refractivity contribution is 6.35. The molecule has 1 nitrogen and oxygen atoms in total. The molecule has 64 valence electrons. The predicted molar refractivity (Wildman–Crippen MR) is 56.8 cm³/mol. The van der Waals surface area contributed by atoms with Crippen LogP contribution in [0.5, 0.6) is 0 Å². The zero-order valence-electron chi connectivity index (χ0n) is 7.00. The molecule has 0 atom stereocenters. The van der Waals surface area contributed by atoms with Gasteiger partial charge in [-0.2, -0.15) is 0 Å². The Kier molecular flexibility index (Phi) is 2.03. The van der Waals surface area contributed by atoms with Gasteiger partial charge in [-0.25, -0.2) is 0 Å². The monoisotopic (exact) mass is 189 g/mol. The van der Waals surface area contributed by atoms with E-state index in [0.717, 1.165) is 21.5 Å². The Morgan fingerprint density at radius 1 is 1.31 bits per heavy atom. The molecule has 0 aliphatic carbocycles. The number of fused-ring (bicyclic) bond motifs is 1. The molecule has 0 aliphatic rings. The van der Waals surface area contributed by atoms with Crippen molar-refractivity contribution in [2.75, 3.05) is 0 Å². The summed E-state index contributed by atoms with van der Waals surface area (Å²) >= 11 is 5.99. The van der Waals surface area contributed by atoms with Gasteiger partial charge in [-0.3, -0.25) is 4.98 Å². The minimum atomic E-state index is 0.737. The molecule has 0 spiro atoms. The summed E-state index contributed by atoms with van der Waals surface area (Å²) in [5.41, 5.74) is 1.96. The smallest absolute Gasteiger partial charge is 0.0722 e. The normalized spacial score (nSPS) is 10.2. The Morgan fingerprint density at radius 2 is 2.15 bits per heavy atom. The van der Waals surface area contributed by atoms with Crippen molar-refractivity contribution in [2.24, 2.45) is 0 Å². The van der Waals surface area contributed by atoms with Crippen LogP contribution in [0, 0.1) is 0 Å². The lowest BCUT2D eigenvalue weighted by Gasteiger charge is -1.99. The Hall–Kier alpha value is -1.34. The number of nitrogens with zero attached hydrogens (tertiary/aromatic N) is 1. The predicted octanol–water partition coefficient (Wildman–Crippen LogP) is 3.53. The molecular weight excluding hydrogens is 182 g/mol. The molecule has 2 heteroatoms. The summed E-state index contributed by atoms with van der Waals surface area (Å²) in [7, 11) is 0. The molecule has 0 radical (unpaired) electrons. The van der Waals surface area contributed by atoms with Gasteiger partial charge >= 0.3 is 0 Å². The molecule has 2 rings (SSSR count). The fourth-order valence-corrected chi connectivity index (χ4v) is 1.47. The van der Waals surface area contributed by atoms with Gasteiger partial charge in [0.1, 0.15) is 0 Å². The molecule has 1 aromatic heterocycles. The summed E-state index contributed by atoms with van der Waals surface area (Å²) in [5.74, 6) is 0. The molecule has 2 aromatic rings. The third-order valence-electron chi connectivity index (χ3n) is 1.95. The molecule has 0 bridgehead atoms. The van der Waals surface area contributed by atoms with Gasteiger partial charge in [-0.1, -0.05) is 36.4 Å². The van der Waals surface area contributed by atoms with E-state index >= 15 is 0 Å². The lowest BCUT2D eigenvalue weighted by Crippen LogP contribution is -1.80. The van der Waals surface area contributed by atoms with E-state index in [2.05, 4.69) is 11.6 Å². The van der Waals surface area contributed by atoms with Crippen molar-refractivity contribution in [3.8, 4) is 0 Å². The number of hydrogen-bond acceptors (Lipinski definition) is 1. The largest absolute Gasteiger partial charge is 0.256 e. The maximum Gasteiger partial charge on any atom is 0.0722 e. The molecule has 0 fully saturated rings. The van der Waals surface area contributed by atoms with Crippen molar-refractivity contribution in [1.82, 2.24) is 4.98 Å². The molecule has 0 saturated carbocycles. The highest BCUT2D eigenvalue weighted by atomic mass is 35.5. The number of halogens is 1. The number of benzene rings is 1. The lowest BCUT2D eigenvalue weighted by molar-refractivity contribution is 1.41. The van der Waals surface area contributed by atoms with Gasteiger partial charge in [0.2, 0.25) is 0 Å². The van der Waals surface area contributed by atoms with E-state index in [1.54, 1.807) is 18.3 Å². The average molecular weight is 190 g/mol. The third kappa shape index (κ3) is 1.43. The van der Waals surface area contributed by atoms with E-state index in [1.165, 1.54) is 0 Å². The SMILES string of the molecule is C=Cc1ccc2c(Cl)ccnc2c1. The van der Waals surface area contributed by atoms with Crippen molar-refractivity contribution in [3.05, 3.63) is 47.6 Å². The van der Waals surface area contributed by atoms with Crippen molar-refractivity contribution in [3.63, 3.8) is 0 Å². The zero-order chi connectivity index (χ0) is 9.26. The number of hydrogen-bond donors (Lipinski definition) is 0. The van der Waals surface area contributed by atoms with E-state index in [9.17, 15) is 0 Å². The summed E-state index contributed by atoms with van der Waals surface area (Å²) in [6.07, 6.45) is 3.50. The molecule has 0 aliphatic heterocycles. The van der Waals surface area contributed by atoms with Crippen molar-refractivity contribution >= 4 is 28.6 Å². The number of pyridine rings is 1. The zero-order valence-corrected chi connectivity index (χ0v) is 7.75. The van der Waals surface area contributed by atoms with Crippen LogP contribution in [-0.4, -0.2) is 4.98 Å².